The van der Waals surface area contributed by atoms with Crippen LogP contribution in [0.4, 0.5) is 11.4 Å². The minimum absolute atomic E-state index is 0.0981. The Labute approximate surface area is 154 Å². The Morgan fingerprint density at radius 2 is 1.65 bits per heavy atom. The van der Waals surface area contributed by atoms with Crippen LogP contribution in [0.3, 0.4) is 0 Å². The highest BCUT2D eigenvalue weighted by Gasteiger charge is 2.19. The maximum Gasteiger partial charge on any atom is 0.270 e. The number of nitrogens with one attached hydrogen (secondary N) is 1. The van der Waals surface area contributed by atoms with Gasteiger partial charge in [-0.15, -0.1) is 0 Å². The molecule has 0 unspecified atom stereocenters. The summed E-state index contributed by atoms with van der Waals surface area (Å²) in [6, 6.07) is 12.1. The largest absolute Gasteiger partial charge is 0.497 e. The van der Waals surface area contributed by atoms with Gasteiger partial charge in [0.2, 0.25) is 0 Å². The summed E-state index contributed by atoms with van der Waals surface area (Å²) in [5.41, 5.74) is 2.72. The number of hydrogen-bond donors (Lipinski definition) is 1. The van der Waals surface area contributed by atoms with Crippen molar-refractivity contribution in [3.63, 3.8) is 0 Å². The van der Waals surface area contributed by atoms with Crippen LogP contribution < -0.4 is 19.9 Å². The molecule has 0 radical (unpaired) electrons. The molecule has 0 spiro atoms. The van der Waals surface area contributed by atoms with Crippen molar-refractivity contribution in [3.8, 4) is 5.75 Å². The number of ether oxygens (including phenoxy) is 1. The van der Waals surface area contributed by atoms with Crippen LogP contribution in [0, 0.1) is 0 Å². The summed E-state index contributed by atoms with van der Waals surface area (Å²) in [5, 5.41) is 2.89. The lowest BCUT2D eigenvalue weighted by molar-refractivity contribution is 0.0938. The molecule has 6 heteroatoms. The van der Waals surface area contributed by atoms with E-state index in [0.717, 1.165) is 37.6 Å². The van der Waals surface area contributed by atoms with Crippen molar-refractivity contribution >= 4 is 17.3 Å². The van der Waals surface area contributed by atoms with Crippen LogP contribution in [0.1, 0.15) is 24.3 Å². The van der Waals surface area contributed by atoms with Crippen molar-refractivity contribution in [2.24, 2.45) is 0 Å². The van der Waals surface area contributed by atoms with Gasteiger partial charge in [-0.25, -0.2) is 0 Å². The van der Waals surface area contributed by atoms with Crippen LogP contribution >= 0.6 is 0 Å². The van der Waals surface area contributed by atoms with Gasteiger partial charge in [-0.1, -0.05) is 0 Å². The van der Waals surface area contributed by atoms with Gasteiger partial charge in [0.25, 0.3) is 5.91 Å². The fourth-order valence-electron chi connectivity index (χ4n) is 3.09. The molecule has 1 aliphatic heterocycles. The van der Waals surface area contributed by atoms with Crippen LogP contribution in [0.25, 0.3) is 0 Å². The van der Waals surface area contributed by atoms with E-state index in [2.05, 4.69) is 32.2 Å². The molecule has 1 aromatic carbocycles. The maximum atomic E-state index is 12.2. The summed E-state index contributed by atoms with van der Waals surface area (Å²) in [5.74, 6) is 0.745. The number of benzene rings is 1. The predicted octanol–water partition coefficient (Wildman–Crippen LogP) is 2.56. The number of anilines is 2. The van der Waals surface area contributed by atoms with E-state index in [0.29, 0.717) is 5.69 Å². The molecule has 2 heterocycles. The molecule has 3 rings (SSSR count). The number of aromatic nitrogens is 1. The van der Waals surface area contributed by atoms with Gasteiger partial charge in [-0.3, -0.25) is 9.78 Å². The molecule has 6 nitrogen and oxygen atoms in total. The summed E-state index contributed by atoms with van der Waals surface area (Å²) < 4.78 is 5.22. The van der Waals surface area contributed by atoms with E-state index in [1.54, 1.807) is 13.3 Å². The Balaban J connectivity index is 1.63. The zero-order valence-corrected chi connectivity index (χ0v) is 15.6. The second kappa shape index (κ2) is 8.08. The number of nitrogens with zero attached hydrogens (tertiary/aromatic N) is 3. The number of hydrogen-bond acceptors (Lipinski definition) is 5. The van der Waals surface area contributed by atoms with Crippen LogP contribution in [0.15, 0.2) is 42.6 Å². The molecule has 0 aliphatic carbocycles. The molecular weight excluding hydrogens is 328 g/mol. The lowest BCUT2D eigenvalue weighted by atomic mass is 10.2. The first-order valence-corrected chi connectivity index (χ1v) is 8.97. The minimum Gasteiger partial charge on any atom is -0.497 e. The Hall–Kier alpha value is -2.76. The Bertz CT molecular complexity index is 738. The second-order valence-electron chi connectivity index (χ2n) is 6.70. The fourth-order valence-corrected chi connectivity index (χ4v) is 3.09. The predicted molar refractivity (Wildman–Crippen MR) is 104 cm³/mol. The van der Waals surface area contributed by atoms with Gasteiger partial charge in [-0.2, -0.15) is 0 Å². The summed E-state index contributed by atoms with van der Waals surface area (Å²) in [6.45, 7) is 7.56. The number of pyridine rings is 1. The number of carbonyl (C=O) groups is 1. The number of rotatable bonds is 5. The van der Waals surface area contributed by atoms with Crippen molar-refractivity contribution in [3.05, 3.63) is 48.3 Å². The van der Waals surface area contributed by atoms with Crippen molar-refractivity contribution in [1.29, 1.82) is 0 Å². The first kappa shape index (κ1) is 18.0. The van der Waals surface area contributed by atoms with Crippen molar-refractivity contribution in [2.45, 2.75) is 19.9 Å². The zero-order valence-electron chi connectivity index (χ0n) is 15.6. The lowest BCUT2D eigenvalue weighted by Gasteiger charge is -2.37. The third kappa shape index (κ3) is 4.25. The molecule has 1 N–H and O–H groups in total. The normalized spacial score (nSPS) is 14.5. The van der Waals surface area contributed by atoms with E-state index in [4.69, 9.17) is 4.74 Å². The first-order valence-electron chi connectivity index (χ1n) is 8.97. The van der Waals surface area contributed by atoms with Crippen LogP contribution in [0.5, 0.6) is 5.75 Å². The molecule has 1 saturated heterocycles. The Morgan fingerprint density at radius 3 is 2.23 bits per heavy atom. The van der Waals surface area contributed by atoms with Crippen LogP contribution in [-0.2, 0) is 0 Å². The summed E-state index contributed by atoms with van der Waals surface area (Å²) >= 11 is 0. The molecule has 26 heavy (non-hydrogen) atoms. The van der Waals surface area contributed by atoms with Gasteiger partial charge in [0.05, 0.1) is 7.11 Å². The SMILES string of the molecule is COc1ccc(N2CCN(c3ccnc(C(=O)NC(C)C)c3)CC2)cc1. The molecule has 1 amide bonds. The number of carbonyl (C=O) groups excluding carboxylic acids is 1. The summed E-state index contributed by atoms with van der Waals surface area (Å²) in [7, 11) is 1.68. The monoisotopic (exact) mass is 354 g/mol. The fraction of sp³-hybridized carbons (Fsp3) is 0.400. The minimum atomic E-state index is -0.126. The van der Waals surface area contributed by atoms with E-state index in [9.17, 15) is 4.79 Å². The van der Waals surface area contributed by atoms with E-state index in [-0.39, 0.29) is 11.9 Å². The second-order valence-corrected chi connectivity index (χ2v) is 6.70. The van der Waals surface area contributed by atoms with E-state index < -0.39 is 0 Å². The highest BCUT2D eigenvalue weighted by molar-refractivity contribution is 5.93. The molecule has 0 bridgehead atoms. The highest BCUT2D eigenvalue weighted by atomic mass is 16.5. The average Bonchev–Trinajstić information content (AvgIpc) is 2.68. The van der Waals surface area contributed by atoms with E-state index in [1.807, 2.05) is 38.1 Å². The van der Waals surface area contributed by atoms with Gasteiger partial charge in [0.15, 0.2) is 0 Å². The topological polar surface area (TPSA) is 57.7 Å². The lowest BCUT2D eigenvalue weighted by Crippen LogP contribution is -2.46. The molecule has 1 fully saturated rings. The Kier molecular flexibility index (Phi) is 5.61. The van der Waals surface area contributed by atoms with Gasteiger partial charge in [0, 0.05) is 49.8 Å². The standard InChI is InChI=1S/C20H26N4O2/c1-15(2)22-20(25)19-14-17(8-9-21-19)24-12-10-23(11-13-24)16-4-6-18(26-3)7-5-16/h4-9,14-15H,10-13H2,1-3H3,(H,22,25). The van der Waals surface area contributed by atoms with Crippen molar-refractivity contribution < 1.29 is 9.53 Å². The summed E-state index contributed by atoms with van der Waals surface area (Å²) in [4.78, 5) is 21.0. The quantitative estimate of drug-likeness (QED) is 0.894. The van der Waals surface area contributed by atoms with Gasteiger partial charge in [0.1, 0.15) is 11.4 Å². The third-order valence-electron chi connectivity index (χ3n) is 4.48. The van der Waals surface area contributed by atoms with Crippen LogP contribution in [-0.4, -0.2) is 50.2 Å². The Morgan fingerprint density at radius 1 is 1.04 bits per heavy atom. The highest BCUT2D eigenvalue weighted by Crippen LogP contribution is 2.23. The molecule has 1 aromatic heterocycles. The van der Waals surface area contributed by atoms with Gasteiger partial charge >= 0.3 is 0 Å². The smallest absolute Gasteiger partial charge is 0.270 e. The molecule has 0 atom stereocenters. The third-order valence-corrected chi connectivity index (χ3v) is 4.48. The van der Waals surface area contributed by atoms with E-state index >= 15 is 0 Å². The first-order chi connectivity index (χ1) is 12.6. The number of amides is 1. The maximum absolute atomic E-state index is 12.2. The molecule has 138 valence electrons. The molecular formula is C20H26N4O2. The molecule has 1 aliphatic rings. The number of piperazine rings is 1. The van der Waals surface area contributed by atoms with Crippen molar-refractivity contribution in [1.82, 2.24) is 10.3 Å². The average molecular weight is 354 g/mol. The number of methoxy groups -OCH3 is 1. The zero-order chi connectivity index (χ0) is 18.5. The summed E-state index contributed by atoms with van der Waals surface area (Å²) in [6.07, 6.45) is 1.71. The van der Waals surface area contributed by atoms with Gasteiger partial charge < -0.3 is 19.9 Å². The molecule has 2 aromatic rings. The van der Waals surface area contributed by atoms with Crippen LogP contribution in [0.2, 0.25) is 0 Å². The van der Waals surface area contributed by atoms with Crippen molar-refractivity contribution in [2.75, 3.05) is 43.1 Å². The van der Waals surface area contributed by atoms with Gasteiger partial charge in [-0.05, 0) is 50.2 Å². The van der Waals surface area contributed by atoms with E-state index in [1.165, 1.54) is 5.69 Å². The molecule has 0 saturated carbocycles.